The van der Waals surface area contributed by atoms with Crippen molar-refractivity contribution in [3.63, 3.8) is 0 Å². The molecule has 0 aliphatic rings. The summed E-state index contributed by atoms with van der Waals surface area (Å²) >= 11 is 0. The molecule has 0 aliphatic heterocycles. The van der Waals surface area contributed by atoms with Gasteiger partial charge in [-0.15, -0.1) is 0 Å². The first-order valence-corrected chi connectivity index (χ1v) is 10.6. The molecule has 2 rings (SSSR count). The van der Waals surface area contributed by atoms with Gasteiger partial charge in [0.15, 0.2) is 5.78 Å². The second-order valence-electron chi connectivity index (χ2n) is 8.75. The number of hydrogen-bond donors (Lipinski definition) is 2. The van der Waals surface area contributed by atoms with Gasteiger partial charge >= 0.3 is 5.97 Å². The van der Waals surface area contributed by atoms with Crippen LogP contribution in [0.4, 0.5) is 11.4 Å². The fraction of sp³-hybridized carbons (Fsp3) is 0.400. The minimum absolute atomic E-state index is 0.0388. The zero-order valence-electron chi connectivity index (χ0n) is 19.0. The molecule has 2 N–H and O–H groups in total. The maximum atomic E-state index is 12.6. The molecule has 6 nitrogen and oxygen atoms in total. The number of carbonyl (C=O) groups is 3. The standard InChI is InChI=1S/C25H32N2O4/c1-6-7-14-27(16-22(28)25(3,4)5)21-13-12-18(15-20(21)24(30)31)26-23(29)19-11-9-8-10-17(19)2/h8-13,15H,6-7,14,16H2,1-5H3,(H,26,29)(H,30,31). The van der Waals surface area contributed by atoms with E-state index in [1.165, 1.54) is 6.07 Å². The first-order chi connectivity index (χ1) is 14.5. The zero-order valence-corrected chi connectivity index (χ0v) is 19.0. The fourth-order valence-electron chi connectivity index (χ4n) is 3.13. The van der Waals surface area contributed by atoms with Gasteiger partial charge in [-0.25, -0.2) is 4.79 Å². The molecule has 0 atom stereocenters. The first-order valence-electron chi connectivity index (χ1n) is 10.6. The Morgan fingerprint density at radius 1 is 1.03 bits per heavy atom. The van der Waals surface area contributed by atoms with Crippen molar-refractivity contribution in [2.24, 2.45) is 5.41 Å². The lowest BCUT2D eigenvalue weighted by Crippen LogP contribution is -2.37. The van der Waals surface area contributed by atoms with Crippen molar-refractivity contribution < 1.29 is 19.5 Å². The number of carboxylic acids is 1. The summed E-state index contributed by atoms with van der Waals surface area (Å²) in [6, 6.07) is 12.0. The Hall–Kier alpha value is -3.15. The third-order valence-corrected chi connectivity index (χ3v) is 5.17. The topological polar surface area (TPSA) is 86.7 Å². The molecule has 2 aromatic rings. The Bertz CT molecular complexity index is 960. The maximum absolute atomic E-state index is 12.6. The first kappa shape index (κ1) is 24.1. The van der Waals surface area contributed by atoms with Crippen molar-refractivity contribution in [2.75, 3.05) is 23.3 Å². The number of unbranched alkanes of at least 4 members (excludes halogenated alkanes) is 1. The third-order valence-electron chi connectivity index (χ3n) is 5.17. The molecule has 0 saturated carbocycles. The summed E-state index contributed by atoms with van der Waals surface area (Å²) in [7, 11) is 0. The van der Waals surface area contributed by atoms with E-state index in [9.17, 15) is 19.5 Å². The van der Waals surface area contributed by atoms with E-state index in [0.29, 0.717) is 23.5 Å². The third kappa shape index (κ3) is 6.41. The van der Waals surface area contributed by atoms with Crippen LogP contribution in [0.5, 0.6) is 0 Å². The number of aryl methyl sites for hydroxylation is 1. The summed E-state index contributed by atoms with van der Waals surface area (Å²) in [6.07, 6.45) is 1.76. The van der Waals surface area contributed by atoms with E-state index in [2.05, 4.69) is 5.32 Å². The number of nitrogens with one attached hydrogen (secondary N) is 1. The minimum atomic E-state index is -1.10. The molecular formula is C25H32N2O4. The molecule has 0 aromatic heterocycles. The van der Waals surface area contributed by atoms with Crippen LogP contribution in [0.25, 0.3) is 0 Å². The lowest BCUT2D eigenvalue weighted by Gasteiger charge is -2.29. The van der Waals surface area contributed by atoms with E-state index in [4.69, 9.17) is 0 Å². The van der Waals surface area contributed by atoms with Gasteiger partial charge < -0.3 is 15.3 Å². The molecule has 0 heterocycles. The SMILES string of the molecule is CCCCN(CC(=O)C(C)(C)C)c1ccc(NC(=O)c2ccccc2C)cc1C(=O)O. The van der Waals surface area contributed by atoms with Crippen molar-refractivity contribution in [1.82, 2.24) is 0 Å². The van der Waals surface area contributed by atoms with Crippen LogP contribution >= 0.6 is 0 Å². The number of Topliss-reactive ketones (excluding diaryl/α,β-unsaturated/α-hetero) is 1. The lowest BCUT2D eigenvalue weighted by atomic mass is 9.90. The Labute approximate surface area is 184 Å². The molecule has 31 heavy (non-hydrogen) atoms. The van der Waals surface area contributed by atoms with Crippen LogP contribution in [0.2, 0.25) is 0 Å². The molecule has 6 heteroatoms. The Morgan fingerprint density at radius 3 is 2.29 bits per heavy atom. The molecule has 0 radical (unpaired) electrons. The monoisotopic (exact) mass is 424 g/mol. The highest BCUT2D eigenvalue weighted by molar-refractivity contribution is 6.06. The summed E-state index contributed by atoms with van der Waals surface area (Å²) in [5.41, 5.74) is 1.78. The number of aromatic carboxylic acids is 1. The highest BCUT2D eigenvalue weighted by Crippen LogP contribution is 2.27. The molecule has 0 saturated heterocycles. The number of ketones is 1. The molecule has 2 aromatic carbocycles. The Morgan fingerprint density at radius 2 is 1.71 bits per heavy atom. The number of nitrogens with zero attached hydrogens (tertiary/aromatic N) is 1. The van der Waals surface area contributed by atoms with E-state index in [0.717, 1.165) is 18.4 Å². The highest BCUT2D eigenvalue weighted by atomic mass is 16.4. The van der Waals surface area contributed by atoms with Gasteiger partial charge in [0.25, 0.3) is 5.91 Å². The van der Waals surface area contributed by atoms with Gasteiger partial charge in [0.1, 0.15) is 0 Å². The van der Waals surface area contributed by atoms with Gasteiger partial charge in [0.05, 0.1) is 17.8 Å². The second kappa shape index (κ2) is 10.2. The summed E-state index contributed by atoms with van der Waals surface area (Å²) in [4.78, 5) is 39.1. The highest BCUT2D eigenvalue weighted by Gasteiger charge is 2.26. The van der Waals surface area contributed by atoms with E-state index in [-0.39, 0.29) is 23.8 Å². The Kier molecular flexibility index (Phi) is 7.97. The fourth-order valence-corrected chi connectivity index (χ4v) is 3.13. The normalized spacial score (nSPS) is 11.1. The Balaban J connectivity index is 2.36. The number of rotatable bonds is 9. The van der Waals surface area contributed by atoms with Gasteiger partial charge in [0, 0.05) is 23.2 Å². The average molecular weight is 425 g/mol. The van der Waals surface area contributed by atoms with Gasteiger partial charge in [-0.3, -0.25) is 9.59 Å². The largest absolute Gasteiger partial charge is 0.478 e. The van der Waals surface area contributed by atoms with E-state index < -0.39 is 11.4 Å². The van der Waals surface area contributed by atoms with Crippen LogP contribution < -0.4 is 10.2 Å². The van der Waals surface area contributed by atoms with Crippen molar-refractivity contribution in [3.8, 4) is 0 Å². The lowest BCUT2D eigenvalue weighted by molar-refractivity contribution is -0.124. The molecule has 0 unspecified atom stereocenters. The summed E-state index contributed by atoms with van der Waals surface area (Å²) in [5.74, 6) is -1.36. The number of benzene rings is 2. The number of carboxylic acid groups (broad SMARTS) is 1. The van der Waals surface area contributed by atoms with Crippen LogP contribution in [-0.2, 0) is 4.79 Å². The summed E-state index contributed by atoms with van der Waals surface area (Å²) in [5, 5.41) is 12.6. The number of amides is 1. The summed E-state index contributed by atoms with van der Waals surface area (Å²) < 4.78 is 0. The summed E-state index contributed by atoms with van der Waals surface area (Å²) in [6.45, 7) is 10.2. The zero-order chi connectivity index (χ0) is 23.2. The molecule has 0 spiro atoms. The average Bonchev–Trinajstić information content (AvgIpc) is 2.70. The van der Waals surface area contributed by atoms with Crippen molar-refractivity contribution in [2.45, 2.75) is 47.5 Å². The second-order valence-corrected chi connectivity index (χ2v) is 8.75. The van der Waals surface area contributed by atoms with E-state index in [1.54, 1.807) is 24.3 Å². The maximum Gasteiger partial charge on any atom is 0.337 e. The number of anilines is 2. The molecule has 1 amide bonds. The molecular weight excluding hydrogens is 392 g/mol. The number of carbonyl (C=O) groups excluding carboxylic acids is 2. The van der Waals surface area contributed by atoms with Crippen LogP contribution in [0.3, 0.4) is 0 Å². The van der Waals surface area contributed by atoms with Gasteiger partial charge in [-0.1, -0.05) is 52.3 Å². The van der Waals surface area contributed by atoms with Crippen molar-refractivity contribution in [1.29, 1.82) is 0 Å². The predicted molar refractivity (Wildman–Crippen MR) is 124 cm³/mol. The van der Waals surface area contributed by atoms with Gasteiger partial charge in [-0.05, 0) is 43.2 Å². The molecule has 166 valence electrons. The van der Waals surface area contributed by atoms with Crippen molar-refractivity contribution in [3.05, 3.63) is 59.2 Å². The van der Waals surface area contributed by atoms with E-state index >= 15 is 0 Å². The molecule has 0 bridgehead atoms. The van der Waals surface area contributed by atoms with Crippen LogP contribution in [0.1, 0.15) is 66.8 Å². The number of hydrogen-bond acceptors (Lipinski definition) is 4. The molecule has 0 fully saturated rings. The van der Waals surface area contributed by atoms with Gasteiger partial charge in [-0.2, -0.15) is 0 Å². The van der Waals surface area contributed by atoms with Crippen LogP contribution in [0.15, 0.2) is 42.5 Å². The predicted octanol–water partition coefficient (Wildman–Crippen LogP) is 5.17. The van der Waals surface area contributed by atoms with Crippen LogP contribution in [0, 0.1) is 12.3 Å². The minimum Gasteiger partial charge on any atom is -0.478 e. The van der Waals surface area contributed by atoms with Crippen LogP contribution in [-0.4, -0.2) is 35.9 Å². The quantitative estimate of drug-likeness (QED) is 0.580. The van der Waals surface area contributed by atoms with Crippen molar-refractivity contribution >= 4 is 29.0 Å². The van der Waals surface area contributed by atoms with Gasteiger partial charge in [0.2, 0.25) is 0 Å². The van der Waals surface area contributed by atoms with E-state index in [1.807, 2.05) is 51.7 Å². The smallest absolute Gasteiger partial charge is 0.337 e. The molecule has 0 aliphatic carbocycles.